The maximum absolute atomic E-state index is 11.7. The molecule has 1 atom stereocenters. The summed E-state index contributed by atoms with van der Waals surface area (Å²) in [5.74, 6) is 1.63. The SMILES string of the molecule is CCCCCCCCCCCCC1(C)CCc2c(C=O)c(OC)c(C)c(C)c2O1. The molecule has 0 amide bonds. The van der Waals surface area contributed by atoms with Gasteiger partial charge in [0, 0.05) is 5.56 Å². The highest BCUT2D eigenvalue weighted by molar-refractivity contribution is 5.85. The van der Waals surface area contributed by atoms with Crippen LogP contribution in [0.4, 0.5) is 0 Å². The molecule has 0 saturated carbocycles. The van der Waals surface area contributed by atoms with Crippen LogP contribution in [-0.2, 0) is 6.42 Å². The van der Waals surface area contributed by atoms with Crippen molar-refractivity contribution in [1.82, 2.24) is 0 Å². The quantitative estimate of drug-likeness (QED) is 0.253. The molecule has 3 heteroatoms. The Labute approximate surface area is 178 Å². The summed E-state index contributed by atoms with van der Waals surface area (Å²) in [5, 5.41) is 0. The summed E-state index contributed by atoms with van der Waals surface area (Å²) in [6.45, 7) is 8.61. The van der Waals surface area contributed by atoms with Gasteiger partial charge in [0.15, 0.2) is 6.29 Å². The second-order valence-corrected chi connectivity index (χ2v) is 9.11. The summed E-state index contributed by atoms with van der Waals surface area (Å²) in [6.07, 6.45) is 17.4. The van der Waals surface area contributed by atoms with Gasteiger partial charge in [-0.1, -0.05) is 64.7 Å². The monoisotopic (exact) mass is 402 g/mol. The molecule has 1 unspecified atom stereocenters. The molecule has 1 aromatic rings. The lowest BCUT2D eigenvalue weighted by molar-refractivity contribution is 0.0520. The summed E-state index contributed by atoms with van der Waals surface area (Å²) >= 11 is 0. The van der Waals surface area contributed by atoms with Crippen LogP contribution in [0.3, 0.4) is 0 Å². The zero-order chi connectivity index (χ0) is 21.3. The van der Waals surface area contributed by atoms with Crippen LogP contribution >= 0.6 is 0 Å². The van der Waals surface area contributed by atoms with Crippen LogP contribution in [0.15, 0.2) is 0 Å². The first-order valence-corrected chi connectivity index (χ1v) is 11.8. The Hall–Kier alpha value is -1.51. The van der Waals surface area contributed by atoms with Crippen LogP contribution < -0.4 is 9.47 Å². The number of ether oxygens (including phenoxy) is 2. The van der Waals surface area contributed by atoms with E-state index in [0.717, 1.165) is 48.0 Å². The van der Waals surface area contributed by atoms with Gasteiger partial charge in [-0.15, -0.1) is 0 Å². The third kappa shape index (κ3) is 6.23. The standard InChI is InChI=1S/C26H42O3/c1-6-7-8-9-10-11-12-13-14-15-17-26(4)18-16-22-23(19-27)24(28-5)20(2)21(3)25(22)29-26/h19H,6-18H2,1-5H3. The summed E-state index contributed by atoms with van der Waals surface area (Å²) in [7, 11) is 1.64. The molecule has 2 rings (SSSR count). The fourth-order valence-electron chi connectivity index (χ4n) is 4.65. The number of carbonyl (C=O) groups is 1. The molecule has 1 aromatic carbocycles. The van der Waals surface area contributed by atoms with Crippen molar-refractivity contribution in [1.29, 1.82) is 0 Å². The minimum Gasteiger partial charge on any atom is -0.496 e. The van der Waals surface area contributed by atoms with E-state index in [9.17, 15) is 4.79 Å². The van der Waals surface area contributed by atoms with Crippen molar-refractivity contribution >= 4 is 6.29 Å². The molecule has 3 nitrogen and oxygen atoms in total. The maximum atomic E-state index is 11.7. The van der Waals surface area contributed by atoms with Gasteiger partial charge in [0.05, 0.1) is 12.7 Å². The summed E-state index contributed by atoms with van der Waals surface area (Å²) in [4.78, 5) is 11.7. The van der Waals surface area contributed by atoms with Crippen molar-refractivity contribution < 1.29 is 14.3 Å². The van der Waals surface area contributed by atoms with Gasteiger partial charge in [-0.05, 0) is 57.6 Å². The van der Waals surface area contributed by atoms with Crippen LogP contribution in [0, 0.1) is 13.8 Å². The molecule has 164 valence electrons. The van der Waals surface area contributed by atoms with E-state index >= 15 is 0 Å². The molecule has 0 saturated heterocycles. The van der Waals surface area contributed by atoms with Crippen molar-refractivity contribution in [3.8, 4) is 11.5 Å². The van der Waals surface area contributed by atoms with Crippen LogP contribution in [0.2, 0.25) is 0 Å². The van der Waals surface area contributed by atoms with E-state index in [2.05, 4.69) is 20.8 Å². The molecule has 0 radical (unpaired) electrons. The lowest BCUT2D eigenvalue weighted by Gasteiger charge is -2.38. The predicted octanol–water partition coefficient (Wildman–Crippen LogP) is 7.52. The first-order valence-electron chi connectivity index (χ1n) is 11.8. The average molecular weight is 403 g/mol. The normalized spacial score (nSPS) is 18.2. The van der Waals surface area contributed by atoms with Gasteiger partial charge in [0.2, 0.25) is 0 Å². The van der Waals surface area contributed by atoms with E-state index in [1.165, 1.54) is 64.2 Å². The smallest absolute Gasteiger partial charge is 0.154 e. The summed E-state index contributed by atoms with van der Waals surface area (Å²) in [6, 6.07) is 0. The van der Waals surface area contributed by atoms with Crippen molar-refractivity contribution in [2.45, 2.75) is 117 Å². The predicted molar refractivity (Wildman–Crippen MR) is 122 cm³/mol. The Bertz CT molecular complexity index is 665. The molecule has 0 aliphatic carbocycles. The van der Waals surface area contributed by atoms with Crippen molar-refractivity contribution in [2.24, 2.45) is 0 Å². The number of rotatable bonds is 13. The van der Waals surface area contributed by atoms with Gasteiger partial charge >= 0.3 is 0 Å². The van der Waals surface area contributed by atoms with Gasteiger partial charge in [-0.25, -0.2) is 0 Å². The second kappa shape index (κ2) is 11.6. The Morgan fingerprint density at radius 2 is 1.55 bits per heavy atom. The summed E-state index contributed by atoms with van der Waals surface area (Å²) < 4.78 is 12.1. The zero-order valence-corrected chi connectivity index (χ0v) is 19.5. The Kier molecular flexibility index (Phi) is 9.52. The van der Waals surface area contributed by atoms with E-state index in [4.69, 9.17) is 9.47 Å². The third-order valence-corrected chi connectivity index (χ3v) is 6.72. The topological polar surface area (TPSA) is 35.5 Å². The molecule has 0 fully saturated rings. The number of aldehydes is 1. The highest BCUT2D eigenvalue weighted by Crippen LogP contribution is 2.44. The fourth-order valence-corrected chi connectivity index (χ4v) is 4.65. The Morgan fingerprint density at radius 1 is 0.966 bits per heavy atom. The van der Waals surface area contributed by atoms with Gasteiger partial charge in [-0.3, -0.25) is 4.79 Å². The average Bonchev–Trinajstić information content (AvgIpc) is 2.72. The van der Waals surface area contributed by atoms with E-state index < -0.39 is 0 Å². The number of benzene rings is 1. The van der Waals surface area contributed by atoms with Gasteiger partial charge in [-0.2, -0.15) is 0 Å². The first kappa shape index (κ1) is 23.8. The minimum atomic E-state index is -0.126. The van der Waals surface area contributed by atoms with Crippen LogP contribution in [-0.4, -0.2) is 19.0 Å². The molecule has 0 spiro atoms. The van der Waals surface area contributed by atoms with E-state index in [1.807, 2.05) is 6.92 Å². The van der Waals surface area contributed by atoms with Gasteiger partial charge in [0.1, 0.15) is 17.1 Å². The molecule has 1 aliphatic rings. The molecule has 1 aliphatic heterocycles. The van der Waals surface area contributed by atoms with E-state index in [0.29, 0.717) is 11.3 Å². The molecular weight excluding hydrogens is 360 g/mol. The maximum Gasteiger partial charge on any atom is 0.154 e. The Balaban J connectivity index is 1.84. The van der Waals surface area contributed by atoms with E-state index in [1.54, 1.807) is 7.11 Å². The number of hydrogen-bond donors (Lipinski definition) is 0. The number of unbranched alkanes of at least 4 members (excludes halogenated alkanes) is 9. The lowest BCUT2D eigenvalue weighted by atomic mass is 9.84. The van der Waals surface area contributed by atoms with Crippen molar-refractivity contribution in [2.75, 3.05) is 7.11 Å². The van der Waals surface area contributed by atoms with E-state index in [-0.39, 0.29) is 5.60 Å². The van der Waals surface area contributed by atoms with Crippen LogP contribution in [0.1, 0.15) is 118 Å². The van der Waals surface area contributed by atoms with Crippen molar-refractivity contribution in [3.05, 3.63) is 22.3 Å². The largest absolute Gasteiger partial charge is 0.496 e. The number of methoxy groups -OCH3 is 1. The molecule has 29 heavy (non-hydrogen) atoms. The van der Waals surface area contributed by atoms with Crippen LogP contribution in [0.25, 0.3) is 0 Å². The first-order chi connectivity index (χ1) is 14.0. The molecular formula is C26H42O3. The van der Waals surface area contributed by atoms with Gasteiger partial charge in [0.25, 0.3) is 0 Å². The fraction of sp³-hybridized carbons (Fsp3) is 0.731. The third-order valence-electron chi connectivity index (χ3n) is 6.72. The molecule has 0 aromatic heterocycles. The summed E-state index contributed by atoms with van der Waals surface area (Å²) in [5.41, 5.74) is 3.69. The zero-order valence-electron chi connectivity index (χ0n) is 19.5. The second-order valence-electron chi connectivity index (χ2n) is 9.11. The van der Waals surface area contributed by atoms with Crippen LogP contribution in [0.5, 0.6) is 11.5 Å². The Morgan fingerprint density at radius 3 is 2.10 bits per heavy atom. The molecule has 0 bridgehead atoms. The number of fused-ring (bicyclic) bond motifs is 1. The van der Waals surface area contributed by atoms with Gasteiger partial charge < -0.3 is 9.47 Å². The van der Waals surface area contributed by atoms with Crippen molar-refractivity contribution in [3.63, 3.8) is 0 Å². The minimum absolute atomic E-state index is 0.126. The highest BCUT2D eigenvalue weighted by Gasteiger charge is 2.35. The molecule has 1 heterocycles. The highest BCUT2D eigenvalue weighted by atomic mass is 16.5. The number of hydrogen-bond acceptors (Lipinski definition) is 3. The molecule has 0 N–H and O–H groups in total. The number of carbonyl (C=O) groups excluding carboxylic acids is 1. The lowest BCUT2D eigenvalue weighted by Crippen LogP contribution is -2.37.